The first kappa shape index (κ1) is 16.0. The maximum absolute atomic E-state index is 5.78. The van der Waals surface area contributed by atoms with Crippen molar-refractivity contribution in [2.45, 2.75) is 32.6 Å². The Morgan fingerprint density at radius 2 is 1.89 bits per heavy atom. The van der Waals surface area contributed by atoms with Gasteiger partial charge in [0, 0.05) is 18.8 Å². The van der Waals surface area contributed by atoms with Gasteiger partial charge in [0.1, 0.15) is 5.75 Å². The van der Waals surface area contributed by atoms with E-state index in [1.165, 1.54) is 0 Å². The Labute approximate surface area is 118 Å². The van der Waals surface area contributed by atoms with Crippen LogP contribution in [0.5, 0.6) is 5.75 Å². The van der Waals surface area contributed by atoms with Crippen molar-refractivity contribution < 1.29 is 13.9 Å². The lowest BCUT2D eigenvalue weighted by atomic mass is 10.2. The predicted molar refractivity (Wildman–Crippen MR) is 79.4 cm³/mol. The minimum Gasteiger partial charge on any atom is -0.540 e. The van der Waals surface area contributed by atoms with Crippen LogP contribution >= 0.6 is 0 Å². The Morgan fingerprint density at radius 3 is 2.53 bits per heavy atom. The van der Waals surface area contributed by atoms with Crippen LogP contribution in [0.1, 0.15) is 25.8 Å². The van der Waals surface area contributed by atoms with Crippen LogP contribution in [0.3, 0.4) is 0 Å². The van der Waals surface area contributed by atoms with Gasteiger partial charge < -0.3 is 13.9 Å². The molecule has 3 nitrogen and oxygen atoms in total. The van der Waals surface area contributed by atoms with Crippen molar-refractivity contribution in [2.75, 3.05) is 13.2 Å². The van der Waals surface area contributed by atoms with Crippen LogP contribution in [0.25, 0.3) is 6.08 Å². The van der Waals surface area contributed by atoms with Gasteiger partial charge in [-0.25, -0.2) is 0 Å². The van der Waals surface area contributed by atoms with Gasteiger partial charge >= 0.3 is 9.76 Å². The molecule has 0 spiro atoms. The summed E-state index contributed by atoms with van der Waals surface area (Å²) in [6.07, 6.45) is 2.56. The van der Waals surface area contributed by atoms with Crippen molar-refractivity contribution in [1.29, 1.82) is 0 Å². The zero-order chi connectivity index (χ0) is 13.9. The van der Waals surface area contributed by atoms with E-state index >= 15 is 0 Å². The lowest BCUT2D eigenvalue weighted by Gasteiger charge is -2.16. The molecule has 19 heavy (non-hydrogen) atoms. The maximum Gasteiger partial charge on any atom is 0.310 e. The second kappa shape index (κ2) is 9.78. The minimum atomic E-state index is -0.110. The molecule has 0 unspecified atom stereocenters. The lowest BCUT2D eigenvalue weighted by Crippen LogP contribution is -2.18. The van der Waals surface area contributed by atoms with Gasteiger partial charge in [-0.2, -0.15) is 0 Å². The van der Waals surface area contributed by atoms with Gasteiger partial charge in [-0.05, 0) is 32.4 Å². The average Bonchev–Trinajstić information content (AvgIpc) is 2.44. The fraction of sp³-hybridized carbons (Fsp3) is 0.467. The quantitative estimate of drug-likeness (QED) is 0.372. The molecule has 1 rings (SSSR count). The molecule has 0 aliphatic carbocycles. The molecule has 0 heterocycles. The van der Waals surface area contributed by atoms with E-state index in [4.69, 9.17) is 13.9 Å². The zero-order valence-electron chi connectivity index (χ0n) is 11.7. The van der Waals surface area contributed by atoms with E-state index in [9.17, 15) is 0 Å². The summed E-state index contributed by atoms with van der Waals surface area (Å²) < 4.78 is 16.8. The summed E-state index contributed by atoms with van der Waals surface area (Å²) in [4.78, 5) is 0. The highest BCUT2D eigenvalue weighted by Gasteiger charge is 2.09. The molecular formula is C15H22O3Si. The van der Waals surface area contributed by atoms with Gasteiger partial charge in [0.25, 0.3) is 0 Å². The first-order valence-electron chi connectivity index (χ1n) is 6.66. The third-order valence-corrected chi connectivity index (χ3v) is 3.37. The SMILES string of the molecule is C=Cc1ccccc1O[Si]CCC(OCC)OCC. The Bertz CT molecular complexity index is 362. The summed E-state index contributed by atoms with van der Waals surface area (Å²) in [6, 6.07) is 8.84. The standard InChI is InChI=1S/C15H22O3Si/c1-4-13-9-7-8-10-14(13)18-19-12-11-15(16-5-2)17-6-3/h4,7-10,15H,1,5-6,11-12H2,2-3H3. The fourth-order valence-electron chi connectivity index (χ4n) is 1.63. The van der Waals surface area contributed by atoms with E-state index in [1.54, 1.807) is 0 Å². The molecule has 0 saturated carbocycles. The van der Waals surface area contributed by atoms with Gasteiger partial charge in [0.15, 0.2) is 6.29 Å². The van der Waals surface area contributed by atoms with Crippen LogP contribution < -0.4 is 4.43 Å². The number of ether oxygens (including phenoxy) is 2. The molecule has 1 aromatic rings. The average molecular weight is 278 g/mol. The molecule has 104 valence electrons. The van der Waals surface area contributed by atoms with Gasteiger partial charge in [-0.1, -0.05) is 30.9 Å². The second-order valence-corrected chi connectivity index (χ2v) is 4.86. The van der Waals surface area contributed by atoms with Gasteiger partial charge in [-0.15, -0.1) is 0 Å². The second-order valence-electron chi connectivity index (χ2n) is 3.87. The van der Waals surface area contributed by atoms with E-state index in [0.29, 0.717) is 23.0 Å². The Morgan fingerprint density at radius 1 is 1.21 bits per heavy atom. The zero-order valence-corrected chi connectivity index (χ0v) is 12.7. The van der Waals surface area contributed by atoms with Crippen molar-refractivity contribution in [3.05, 3.63) is 36.4 Å². The summed E-state index contributed by atoms with van der Waals surface area (Å²) in [5.41, 5.74) is 1.03. The van der Waals surface area contributed by atoms with Crippen LogP contribution in [0.2, 0.25) is 6.04 Å². The number of hydrogen-bond donors (Lipinski definition) is 0. The molecule has 0 fully saturated rings. The molecule has 1 aromatic carbocycles. The smallest absolute Gasteiger partial charge is 0.310 e. The molecule has 0 bridgehead atoms. The fourth-order valence-corrected chi connectivity index (χ4v) is 2.43. The summed E-state index contributed by atoms with van der Waals surface area (Å²) in [5.74, 6) is 0.889. The van der Waals surface area contributed by atoms with Crippen molar-refractivity contribution in [3.63, 3.8) is 0 Å². The minimum absolute atomic E-state index is 0.110. The lowest BCUT2D eigenvalue weighted by molar-refractivity contribution is -0.136. The molecule has 0 aromatic heterocycles. The molecular weight excluding hydrogens is 256 g/mol. The van der Waals surface area contributed by atoms with E-state index in [2.05, 4.69) is 6.58 Å². The van der Waals surface area contributed by atoms with E-state index < -0.39 is 0 Å². The summed E-state index contributed by atoms with van der Waals surface area (Å²) in [5, 5.41) is 0. The summed E-state index contributed by atoms with van der Waals surface area (Å²) in [6.45, 7) is 9.08. The van der Waals surface area contributed by atoms with Gasteiger partial charge in [-0.3, -0.25) is 0 Å². The molecule has 0 N–H and O–H groups in total. The Hall–Kier alpha value is -1.10. The van der Waals surface area contributed by atoms with E-state index in [0.717, 1.165) is 23.8 Å². The normalized spacial score (nSPS) is 10.7. The molecule has 2 radical (unpaired) electrons. The third kappa shape index (κ3) is 6.05. The van der Waals surface area contributed by atoms with Crippen LogP contribution in [0, 0.1) is 0 Å². The van der Waals surface area contributed by atoms with Gasteiger partial charge in [0.2, 0.25) is 0 Å². The highest BCUT2D eigenvalue weighted by Crippen LogP contribution is 2.18. The number of hydrogen-bond acceptors (Lipinski definition) is 3. The molecule has 4 heteroatoms. The van der Waals surface area contributed by atoms with E-state index in [1.807, 2.05) is 44.2 Å². The molecule has 0 saturated heterocycles. The third-order valence-electron chi connectivity index (χ3n) is 2.51. The highest BCUT2D eigenvalue weighted by molar-refractivity contribution is 6.28. The van der Waals surface area contributed by atoms with E-state index in [-0.39, 0.29) is 6.29 Å². The molecule has 0 aliphatic heterocycles. The number of benzene rings is 1. The summed E-state index contributed by atoms with van der Waals surface area (Å²) >= 11 is 0. The summed E-state index contributed by atoms with van der Waals surface area (Å²) in [7, 11) is 0.403. The monoisotopic (exact) mass is 278 g/mol. The first-order chi connectivity index (χ1) is 9.31. The Balaban J connectivity index is 2.31. The molecule has 0 atom stereocenters. The van der Waals surface area contributed by atoms with Crippen molar-refractivity contribution in [1.82, 2.24) is 0 Å². The van der Waals surface area contributed by atoms with Gasteiger partial charge in [0.05, 0.1) is 0 Å². The van der Waals surface area contributed by atoms with Crippen LogP contribution in [-0.4, -0.2) is 29.3 Å². The first-order valence-corrected chi connectivity index (χ1v) is 7.77. The topological polar surface area (TPSA) is 27.7 Å². The van der Waals surface area contributed by atoms with Crippen molar-refractivity contribution >= 4 is 15.8 Å². The highest BCUT2D eigenvalue weighted by atomic mass is 28.2. The van der Waals surface area contributed by atoms with Crippen LogP contribution in [-0.2, 0) is 9.47 Å². The maximum atomic E-state index is 5.78. The molecule has 0 amide bonds. The largest absolute Gasteiger partial charge is 0.540 e. The van der Waals surface area contributed by atoms with Crippen molar-refractivity contribution in [3.8, 4) is 5.75 Å². The number of para-hydroxylation sites is 1. The number of rotatable bonds is 10. The van der Waals surface area contributed by atoms with Crippen LogP contribution in [0.4, 0.5) is 0 Å². The van der Waals surface area contributed by atoms with Crippen LogP contribution in [0.15, 0.2) is 30.8 Å². The van der Waals surface area contributed by atoms with Crippen molar-refractivity contribution in [2.24, 2.45) is 0 Å². The Kier molecular flexibility index (Phi) is 8.21. The molecule has 0 aliphatic rings. The predicted octanol–water partition coefficient (Wildman–Crippen LogP) is 3.54.